The number of hydrogen-bond donors (Lipinski definition) is 6. The Kier molecular flexibility index (Phi) is 7.82. The predicted molar refractivity (Wildman–Crippen MR) is 59.9 cm³/mol. The monoisotopic (exact) mass is 289 g/mol. The largest absolute Gasteiger partial charge is 0.394 e. The quantitative estimate of drug-likeness (QED) is 0.267. The summed E-state index contributed by atoms with van der Waals surface area (Å²) in [7, 11) is -1.34. The van der Waals surface area contributed by atoms with Crippen LogP contribution in [0, 0.1) is 0 Å². The van der Waals surface area contributed by atoms with E-state index in [0.29, 0.717) is 0 Å². The molecule has 0 aromatic heterocycles. The minimum atomic E-state index is -2.92. The third-order valence-electron chi connectivity index (χ3n) is 2.05. The SMILES string of the molecule is CNC[C@H](O)[C@@H](O)[C@H](O)[C@H](O)CO.O=S1(=O)CO1. The fourth-order valence-electron chi connectivity index (χ4n) is 0.932. The van der Waals surface area contributed by atoms with Crippen LogP contribution in [0.15, 0.2) is 0 Å². The van der Waals surface area contributed by atoms with Crippen molar-refractivity contribution in [1.82, 2.24) is 5.32 Å². The lowest BCUT2D eigenvalue weighted by molar-refractivity contribution is -0.113. The van der Waals surface area contributed by atoms with Gasteiger partial charge in [-0.2, -0.15) is 8.42 Å². The van der Waals surface area contributed by atoms with E-state index < -0.39 is 41.1 Å². The maximum atomic E-state index is 9.52. The van der Waals surface area contributed by atoms with Gasteiger partial charge in [0.1, 0.15) is 18.3 Å². The summed E-state index contributed by atoms with van der Waals surface area (Å²) in [6.45, 7) is -0.569. The second-order valence-corrected chi connectivity index (χ2v) is 5.24. The first kappa shape index (κ1) is 17.7. The van der Waals surface area contributed by atoms with Crippen LogP contribution < -0.4 is 5.32 Å². The van der Waals surface area contributed by atoms with Gasteiger partial charge in [0.05, 0.1) is 12.7 Å². The number of likely N-dealkylation sites (N-methyl/N-ethyl adjacent to an activating group) is 1. The second kappa shape index (κ2) is 7.96. The van der Waals surface area contributed by atoms with Gasteiger partial charge < -0.3 is 30.8 Å². The molecule has 10 heteroatoms. The third kappa shape index (κ3) is 7.18. The number of rotatable bonds is 6. The topological polar surface area (TPSA) is 160 Å². The highest BCUT2D eigenvalue weighted by molar-refractivity contribution is 7.91. The maximum Gasteiger partial charge on any atom is 0.294 e. The van der Waals surface area contributed by atoms with E-state index in [9.17, 15) is 13.5 Å². The predicted octanol–water partition coefficient (Wildman–Crippen LogP) is -4.05. The minimum Gasteiger partial charge on any atom is -0.394 e. The van der Waals surface area contributed by atoms with Crippen molar-refractivity contribution >= 4 is 10.1 Å². The molecule has 1 heterocycles. The molecule has 1 fully saturated rings. The van der Waals surface area contributed by atoms with Crippen LogP contribution in [0.5, 0.6) is 0 Å². The zero-order chi connectivity index (χ0) is 14.3. The summed E-state index contributed by atoms with van der Waals surface area (Å²) in [5.41, 5.74) is 0. The summed E-state index contributed by atoms with van der Waals surface area (Å²) < 4.78 is 22.9. The van der Waals surface area contributed by atoms with E-state index in [1.165, 1.54) is 0 Å². The van der Waals surface area contributed by atoms with Crippen LogP contribution in [-0.2, 0) is 14.3 Å². The van der Waals surface area contributed by atoms with Crippen LogP contribution in [0.1, 0.15) is 0 Å². The van der Waals surface area contributed by atoms with Gasteiger partial charge in [-0.05, 0) is 7.05 Å². The van der Waals surface area contributed by atoms with Gasteiger partial charge in [-0.25, -0.2) is 4.18 Å². The van der Waals surface area contributed by atoms with Crippen molar-refractivity contribution in [3.05, 3.63) is 0 Å². The van der Waals surface area contributed by atoms with Crippen LogP contribution in [-0.4, -0.2) is 84.5 Å². The van der Waals surface area contributed by atoms with Gasteiger partial charge in [-0.3, -0.25) is 0 Å². The van der Waals surface area contributed by atoms with Gasteiger partial charge >= 0.3 is 0 Å². The van der Waals surface area contributed by atoms with E-state index in [2.05, 4.69) is 9.50 Å². The van der Waals surface area contributed by atoms with E-state index in [1.807, 2.05) is 0 Å². The maximum absolute atomic E-state index is 9.52. The van der Waals surface area contributed by atoms with Crippen LogP contribution in [0.4, 0.5) is 0 Å². The molecule has 1 aliphatic rings. The fraction of sp³-hybridized carbons (Fsp3) is 1.00. The first-order valence-electron chi connectivity index (χ1n) is 5.10. The smallest absolute Gasteiger partial charge is 0.294 e. The first-order chi connectivity index (χ1) is 8.25. The highest BCUT2D eigenvalue weighted by atomic mass is 32.2. The van der Waals surface area contributed by atoms with Gasteiger partial charge in [0.15, 0.2) is 5.94 Å². The molecule has 1 saturated heterocycles. The number of aliphatic hydroxyl groups excluding tert-OH is 5. The molecular formula is C8H19NO8S. The van der Waals surface area contributed by atoms with Crippen LogP contribution in [0.3, 0.4) is 0 Å². The lowest BCUT2D eigenvalue weighted by Gasteiger charge is -2.25. The molecule has 1 rings (SSSR count). The average Bonchev–Trinajstić information content (AvgIpc) is 3.02. The Labute approximate surface area is 105 Å². The van der Waals surface area contributed by atoms with Crippen molar-refractivity contribution < 1.29 is 38.1 Å². The number of hydrogen-bond acceptors (Lipinski definition) is 9. The normalized spacial score (nSPS) is 23.2. The van der Waals surface area contributed by atoms with Crippen molar-refractivity contribution in [3.63, 3.8) is 0 Å². The Balaban J connectivity index is 0.000000473. The van der Waals surface area contributed by atoms with Crippen LogP contribution in [0.2, 0.25) is 0 Å². The number of nitrogens with one attached hydrogen (secondary N) is 1. The Morgan fingerprint density at radius 2 is 1.56 bits per heavy atom. The molecule has 110 valence electrons. The first-order valence-corrected chi connectivity index (χ1v) is 6.67. The lowest BCUT2D eigenvalue weighted by atomic mass is 10.0. The zero-order valence-corrected chi connectivity index (χ0v) is 10.6. The van der Waals surface area contributed by atoms with Gasteiger partial charge in [0.2, 0.25) is 0 Å². The molecule has 0 saturated carbocycles. The molecule has 0 spiro atoms. The lowest BCUT2D eigenvalue weighted by Crippen LogP contribution is -2.48. The van der Waals surface area contributed by atoms with Crippen molar-refractivity contribution in [2.45, 2.75) is 24.4 Å². The molecule has 4 atom stereocenters. The summed E-state index contributed by atoms with van der Waals surface area (Å²) in [4.78, 5) is 0. The van der Waals surface area contributed by atoms with Gasteiger partial charge in [-0.15, -0.1) is 0 Å². The van der Waals surface area contributed by atoms with E-state index in [4.69, 9.17) is 20.4 Å². The Bertz CT molecular complexity index is 311. The molecule has 6 N–H and O–H groups in total. The molecule has 0 aromatic carbocycles. The summed E-state index contributed by atoms with van der Waals surface area (Å²) in [6.07, 6.45) is -5.65. The highest BCUT2D eigenvalue weighted by Gasteiger charge is 2.29. The molecule has 0 aromatic rings. The van der Waals surface area contributed by atoms with E-state index in [0.717, 1.165) is 0 Å². The van der Waals surface area contributed by atoms with Crippen LogP contribution >= 0.6 is 0 Å². The second-order valence-electron chi connectivity index (χ2n) is 3.65. The fourth-order valence-corrected chi connectivity index (χ4v) is 1.25. The summed E-state index contributed by atoms with van der Waals surface area (Å²) in [5.74, 6) is -0.0764. The molecule has 18 heavy (non-hydrogen) atoms. The minimum absolute atomic E-state index is 0.0764. The van der Waals surface area contributed by atoms with Crippen molar-refractivity contribution in [2.24, 2.45) is 0 Å². The van der Waals surface area contributed by atoms with Gasteiger partial charge in [-0.1, -0.05) is 0 Å². The van der Waals surface area contributed by atoms with Gasteiger partial charge in [0.25, 0.3) is 10.1 Å². The Hall–Kier alpha value is -0.330. The molecule has 0 unspecified atom stereocenters. The third-order valence-corrected chi connectivity index (χ3v) is 2.67. The Morgan fingerprint density at radius 1 is 1.17 bits per heavy atom. The Morgan fingerprint density at radius 3 is 1.83 bits per heavy atom. The van der Waals surface area contributed by atoms with E-state index in [1.54, 1.807) is 7.05 Å². The number of aliphatic hydroxyl groups is 5. The average molecular weight is 289 g/mol. The van der Waals surface area contributed by atoms with Crippen molar-refractivity contribution in [2.75, 3.05) is 26.1 Å². The molecular weight excluding hydrogens is 270 g/mol. The molecule has 0 radical (unpaired) electrons. The summed E-state index contributed by atoms with van der Waals surface area (Å²) in [6, 6.07) is 0. The zero-order valence-electron chi connectivity index (χ0n) is 9.80. The summed E-state index contributed by atoms with van der Waals surface area (Å²) >= 11 is 0. The molecule has 9 nitrogen and oxygen atoms in total. The van der Waals surface area contributed by atoms with Crippen LogP contribution in [0.25, 0.3) is 0 Å². The molecule has 0 bridgehead atoms. The van der Waals surface area contributed by atoms with Gasteiger partial charge in [0, 0.05) is 6.54 Å². The molecule has 0 aliphatic carbocycles. The highest BCUT2D eigenvalue weighted by Crippen LogP contribution is 2.07. The molecule has 0 amide bonds. The summed E-state index contributed by atoms with van der Waals surface area (Å²) in [5, 5.41) is 47.5. The van der Waals surface area contributed by atoms with Crippen molar-refractivity contribution in [1.29, 1.82) is 0 Å². The van der Waals surface area contributed by atoms with E-state index >= 15 is 0 Å². The van der Waals surface area contributed by atoms with Crippen molar-refractivity contribution in [3.8, 4) is 0 Å². The van der Waals surface area contributed by atoms with E-state index in [-0.39, 0.29) is 12.5 Å². The standard InChI is InChI=1S/C7H17NO5.CH2O3S/c1-8-2-4(10)6(12)7(13)5(11)3-9;2-5(3)1-4-5/h4-13H,2-3H2,1H3;1H2/t4-,5+,6+,7+;/m0./s1. The molecule has 1 aliphatic heterocycles.